The lowest BCUT2D eigenvalue weighted by Gasteiger charge is -2.11. The van der Waals surface area contributed by atoms with Crippen LogP contribution in [0, 0.1) is 6.92 Å². The summed E-state index contributed by atoms with van der Waals surface area (Å²) in [6.45, 7) is 8.12. The van der Waals surface area contributed by atoms with Crippen LogP contribution in [0.15, 0.2) is 42.2 Å². The zero-order valence-corrected chi connectivity index (χ0v) is 10.6. The second-order valence-electron chi connectivity index (χ2n) is 3.36. The molecule has 0 saturated heterocycles. The van der Waals surface area contributed by atoms with E-state index in [2.05, 4.69) is 49.7 Å². The van der Waals surface area contributed by atoms with Crippen molar-refractivity contribution in [1.29, 1.82) is 0 Å². The van der Waals surface area contributed by atoms with Gasteiger partial charge in [0.05, 0.1) is 0 Å². The van der Waals surface area contributed by atoms with Crippen LogP contribution in [0.5, 0.6) is 0 Å². The van der Waals surface area contributed by atoms with Crippen LogP contribution in [0.25, 0.3) is 5.70 Å². The highest BCUT2D eigenvalue weighted by atomic mass is 31.1. The fraction of sp³-hybridized carbons (Fsp3) is 0.231. The third-order valence-electron chi connectivity index (χ3n) is 2.33. The van der Waals surface area contributed by atoms with Gasteiger partial charge < -0.3 is 5.32 Å². The van der Waals surface area contributed by atoms with Crippen molar-refractivity contribution in [3.63, 3.8) is 0 Å². The zero-order chi connectivity index (χ0) is 11.3. The van der Waals surface area contributed by atoms with Crippen LogP contribution in [-0.4, -0.2) is 13.7 Å². The molecule has 1 N–H and O–H groups in total. The van der Waals surface area contributed by atoms with Gasteiger partial charge in [0, 0.05) is 12.7 Å². The molecular formula is C13H18NP. The summed E-state index contributed by atoms with van der Waals surface area (Å²) in [4.78, 5) is 0. The summed E-state index contributed by atoms with van der Waals surface area (Å²) in [5.41, 5.74) is 3.70. The molecule has 0 amide bonds. The van der Waals surface area contributed by atoms with E-state index in [1.807, 2.05) is 13.1 Å². The Kier molecular flexibility index (Phi) is 4.58. The van der Waals surface area contributed by atoms with E-state index in [1.165, 1.54) is 22.1 Å². The number of rotatable bonds is 4. The zero-order valence-electron chi connectivity index (χ0n) is 9.59. The van der Waals surface area contributed by atoms with E-state index in [0.717, 1.165) is 8.58 Å². The maximum atomic E-state index is 3.85. The Balaban J connectivity index is 3.17. The van der Waals surface area contributed by atoms with Gasteiger partial charge in [0.25, 0.3) is 0 Å². The third-order valence-corrected chi connectivity index (χ3v) is 3.33. The molecule has 0 bridgehead atoms. The van der Waals surface area contributed by atoms with E-state index in [9.17, 15) is 0 Å². The summed E-state index contributed by atoms with van der Waals surface area (Å²) < 4.78 is 0. The van der Waals surface area contributed by atoms with E-state index < -0.39 is 0 Å². The second kappa shape index (κ2) is 5.72. The van der Waals surface area contributed by atoms with Crippen molar-refractivity contribution >= 4 is 14.3 Å². The van der Waals surface area contributed by atoms with Gasteiger partial charge in [0.2, 0.25) is 0 Å². The number of benzene rings is 1. The lowest BCUT2D eigenvalue weighted by atomic mass is 10.1. The average Bonchev–Trinajstić information content (AvgIpc) is 2.27. The van der Waals surface area contributed by atoms with Gasteiger partial charge in [-0.1, -0.05) is 51.1 Å². The van der Waals surface area contributed by atoms with Crippen molar-refractivity contribution in [2.75, 3.05) is 13.7 Å². The van der Waals surface area contributed by atoms with E-state index in [-0.39, 0.29) is 0 Å². The van der Waals surface area contributed by atoms with Crippen LogP contribution in [0.1, 0.15) is 11.1 Å². The number of allylic oxidation sites excluding steroid dienone is 2. The van der Waals surface area contributed by atoms with Crippen molar-refractivity contribution in [2.45, 2.75) is 6.92 Å². The monoisotopic (exact) mass is 219 g/mol. The van der Waals surface area contributed by atoms with Crippen molar-refractivity contribution in [3.8, 4) is 0 Å². The molecule has 80 valence electrons. The Morgan fingerprint density at radius 2 is 1.93 bits per heavy atom. The Hall–Kier alpha value is -1.07. The molecule has 0 aliphatic heterocycles. The molecule has 1 unspecified atom stereocenters. The van der Waals surface area contributed by atoms with E-state index in [1.54, 1.807) is 0 Å². The first-order valence-electron chi connectivity index (χ1n) is 5.02. The standard InChI is InChI=1S/C13H18NP/c1-5-12(15-4)13(14-3)11-8-6-10(2)7-9-11/h5-9,14-15H,1H2,2-4H3/b13-12+. The normalized spacial score (nSPS) is 12.7. The predicted octanol–water partition coefficient (Wildman–Crippen LogP) is 3.38. The number of aryl methyl sites for hydroxylation is 1. The SMILES string of the molecule is C=C/C(PC)=C(\NC)c1ccc(C)cc1. The summed E-state index contributed by atoms with van der Waals surface area (Å²) in [6.07, 6.45) is 1.93. The minimum absolute atomic E-state index is 0.758. The van der Waals surface area contributed by atoms with Crippen LogP contribution in [-0.2, 0) is 0 Å². The van der Waals surface area contributed by atoms with E-state index in [4.69, 9.17) is 0 Å². The van der Waals surface area contributed by atoms with Crippen molar-refractivity contribution in [2.24, 2.45) is 0 Å². The first kappa shape index (κ1) is 12.0. The first-order valence-corrected chi connectivity index (χ1v) is 6.52. The highest BCUT2D eigenvalue weighted by Gasteiger charge is 2.03. The molecule has 1 rings (SSSR count). The molecule has 0 fully saturated rings. The van der Waals surface area contributed by atoms with Gasteiger partial charge >= 0.3 is 0 Å². The Bertz CT molecular complexity index is 363. The maximum Gasteiger partial charge on any atom is 0.0486 e. The topological polar surface area (TPSA) is 12.0 Å². The fourth-order valence-corrected chi connectivity index (χ4v) is 2.21. The molecule has 0 aliphatic carbocycles. The molecule has 1 aromatic rings. The maximum absolute atomic E-state index is 3.85. The number of hydrogen-bond donors (Lipinski definition) is 1. The van der Waals surface area contributed by atoms with Crippen molar-refractivity contribution in [1.82, 2.24) is 5.32 Å². The summed E-state index contributed by atoms with van der Waals surface area (Å²) in [5.74, 6) is 0. The largest absolute Gasteiger partial charge is 0.387 e. The number of nitrogens with one attached hydrogen (secondary N) is 1. The molecule has 2 heteroatoms. The quantitative estimate of drug-likeness (QED) is 0.604. The van der Waals surface area contributed by atoms with Gasteiger partial charge in [0.15, 0.2) is 0 Å². The highest BCUT2D eigenvalue weighted by molar-refractivity contribution is 7.42. The van der Waals surface area contributed by atoms with Crippen LogP contribution in [0.3, 0.4) is 0 Å². The second-order valence-corrected chi connectivity index (χ2v) is 4.40. The fourth-order valence-electron chi connectivity index (χ4n) is 1.48. The van der Waals surface area contributed by atoms with Crippen LogP contribution in [0.4, 0.5) is 0 Å². The summed E-state index contributed by atoms with van der Waals surface area (Å²) in [7, 11) is 2.72. The summed E-state index contributed by atoms with van der Waals surface area (Å²) in [6, 6.07) is 8.55. The van der Waals surface area contributed by atoms with Gasteiger partial charge in [0.1, 0.15) is 0 Å². The molecule has 15 heavy (non-hydrogen) atoms. The van der Waals surface area contributed by atoms with E-state index >= 15 is 0 Å². The predicted molar refractivity (Wildman–Crippen MR) is 71.6 cm³/mol. The molecule has 0 heterocycles. The number of hydrogen-bond acceptors (Lipinski definition) is 1. The molecule has 0 aromatic heterocycles. The Morgan fingerprint density at radius 3 is 2.33 bits per heavy atom. The van der Waals surface area contributed by atoms with Crippen LogP contribution < -0.4 is 5.32 Å². The molecule has 1 nitrogen and oxygen atoms in total. The molecule has 1 aromatic carbocycles. The minimum atomic E-state index is 0.758. The van der Waals surface area contributed by atoms with Gasteiger partial charge in [-0.2, -0.15) is 0 Å². The highest BCUT2D eigenvalue weighted by Crippen LogP contribution is 2.28. The molecule has 1 atom stereocenters. The lowest BCUT2D eigenvalue weighted by molar-refractivity contribution is 1.12. The van der Waals surface area contributed by atoms with E-state index in [0.29, 0.717) is 0 Å². The summed E-state index contributed by atoms with van der Waals surface area (Å²) in [5, 5.41) is 4.53. The van der Waals surface area contributed by atoms with Gasteiger partial charge in [-0.3, -0.25) is 0 Å². The summed E-state index contributed by atoms with van der Waals surface area (Å²) >= 11 is 0. The smallest absolute Gasteiger partial charge is 0.0486 e. The van der Waals surface area contributed by atoms with Crippen LogP contribution in [0.2, 0.25) is 0 Å². The molecule has 0 aliphatic rings. The lowest BCUT2D eigenvalue weighted by Crippen LogP contribution is -2.06. The first-order chi connectivity index (χ1) is 7.22. The molecule has 0 spiro atoms. The van der Waals surface area contributed by atoms with Crippen molar-refractivity contribution in [3.05, 3.63) is 53.4 Å². The minimum Gasteiger partial charge on any atom is -0.387 e. The average molecular weight is 219 g/mol. The molecular weight excluding hydrogens is 201 g/mol. The van der Waals surface area contributed by atoms with Gasteiger partial charge in [-0.15, -0.1) is 0 Å². The molecule has 0 radical (unpaired) electrons. The Labute approximate surface area is 94.1 Å². The van der Waals surface area contributed by atoms with Gasteiger partial charge in [-0.25, -0.2) is 0 Å². The van der Waals surface area contributed by atoms with Gasteiger partial charge in [-0.05, 0) is 24.5 Å². The van der Waals surface area contributed by atoms with Crippen LogP contribution >= 0.6 is 8.58 Å². The Morgan fingerprint density at radius 1 is 1.33 bits per heavy atom. The molecule has 0 saturated carbocycles. The van der Waals surface area contributed by atoms with Crippen molar-refractivity contribution < 1.29 is 0 Å². The third kappa shape index (κ3) is 2.94.